The molecule has 8 heteroatoms. The summed E-state index contributed by atoms with van der Waals surface area (Å²) in [5.74, 6) is -0.319. The highest BCUT2D eigenvalue weighted by Crippen LogP contribution is 2.31. The van der Waals surface area contributed by atoms with E-state index in [9.17, 15) is 18.0 Å². The van der Waals surface area contributed by atoms with Crippen molar-refractivity contribution in [2.24, 2.45) is 0 Å². The number of amides is 1. The summed E-state index contributed by atoms with van der Waals surface area (Å²) in [6, 6.07) is 4.74. The predicted molar refractivity (Wildman–Crippen MR) is 78.2 cm³/mol. The van der Waals surface area contributed by atoms with Crippen molar-refractivity contribution in [3.63, 3.8) is 0 Å². The zero-order valence-electron chi connectivity index (χ0n) is 11.8. The van der Waals surface area contributed by atoms with Crippen LogP contribution >= 0.6 is 12.4 Å². The lowest BCUT2D eigenvalue weighted by Gasteiger charge is -2.12. The number of rotatable bonds is 5. The topological polar surface area (TPSA) is 50.4 Å². The monoisotopic (exact) mass is 338 g/mol. The summed E-state index contributed by atoms with van der Waals surface area (Å²) >= 11 is 0. The molecule has 0 radical (unpaired) electrons. The minimum Gasteiger partial charge on any atom is -0.484 e. The number of hydrogen-bond acceptors (Lipinski definition) is 3. The average Bonchev–Trinajstić information content (AvgIpc) is 2.95. The molecule has 0 bridgehead atoms. The van der Waals surface area contributed by atoms with E-state index in [0.717, 1.165) is 31.5 Å². The fourth-order valence-electron chi connectivity index (χ4n) is 2.13. The largest absolute Gasteiger partial charge is 0.484 e. The van der Waals surface area contributed by atoms with E-state index in [-0.39, 0.29) is 36.7 Å². The summed E-state index contributed by atoms with van der Waals surface area (Å²) < 4.78 is 42.6. The number of hydrogen-bond donors (Lipinski definition) is 2. The van der Waals surface area contributed by atoms with Crippen LogP contribution in [0.15, 0.2) is 24.3 Å². The van der Waals surface area contributed by atoms with Crippen LogP contribution in [0, 0.1) is 0 Å². The van der Waals surface area contributed by atoms with E-state index in [1.165, 1.54) is 12.1 Å². The second-order valence-electron chi connectivity index (χ2n) is 4.91. The molecule has 124 valence electrons. The van der Waals surface area contributed by atoms with E-state index in [0.29, 0.717) is 6.54 Å². The van der Waals surface area contributed by atoms with Crippen LogP contribution in [0.5, 0.6) is 5.75 Å². The molecule has 1 aliphatic rings. The van der Waals surface area contributed by atoms with Gasteiger partial charge in [-0.05, 0) is 37.6 Å². The van der Waals surface area contributed by atoms with Gasteiger partial charge in [0.15, 0.2) is 6.61 Å². The Morgan fingerprint density at radius 3 is 2.82 bits per heavy atom. The van der Waals surface area contributed by atoms with Gasteiger partial charge in [-0.25, -0.2) is 0 Å². The minimum absolute atomic E-state index is 0. The first-order valence-corrected chi connectivity index (χ1v) is 6.75. The Hall–Kier alpha value is -1.47. The Bertz CT molecular complexity index is 491. The zero-order valence-corrected chi connectivity index (χ0v) is 12.6. The predicted octanol–water partition coefficient (Wildman–Crippen LogP) is 2.37. The standard InChI is InChI=1S/C14H17F3N2O2.ClH/c15-14(16,17)10-3-1-5-12(7-10)21-9-13(20)19-8-11-4-2-6-18-11;/h1,3,5,7,11,18H,2,4,6,8-9H2,(H,19,20);1H. The van der Waals surface area contributed by atoms with E-state index >= 15 is 0 Å². The van der Waals surface area contributed by atoms with Gasteiger partial charge in [-0.3, -0.25) is 4.79 Å². The van der Waals surface area contributed by atoms with Gasteiger partial charge >= 0.3 is 6.18 Å². The summed E-state index contributed by atoms with van der Waals surface area (Å²) in [6.07, 6.45) is -2.33. The molecule has 4 nitrogen and oxygen atoms in total. The molecule has 1 aliphatic heterocycles. The fourth-order valence-corrected chi connectivity index (χ4v) is 2.13. The van der Waals surface area contributed by atoms with Crippen molar-refractivity contribution in [3.8, 4) is 5.75 Å². The quantitative estimate of drug-likeness (QED) is 0.866. The van der Waals surface area contributed by atoms with Crippen molar-refractivity contribution in [2.75, 3.05) is 19.7 Å². The summed E-state index contributed by atoms with van der Waals surface area (Å²) in [5.41, 5.74) is -0.796. The average molecular weight is 339 g/mol. The lowest BCUT2D eigenvalue weighted by molar-refractivity contribution is -0.137. The van der Waals surface area contributed by atoms with Crippen LogP contribution in [0.1, 0.15) is 18.4 Å². The van der Waals surface area contributed by atoms with Crippen LogP contribution in [-0.2, 0) is 11.0 Å². The highest BCUT2D eigenvalue weighted by molar-refractivity contribution is 5.85. The third-order valence-corrected chi connectivity index (χ3v) is 3.24. The zero-order chi connectivity index (χ0) is 15.3. The smallest absolute Gasteiger partial charge is 0.416 e. The van der Waals surface area contributed by atoms with Gasteiger partial charge in [0.1, 0.15) is 5.75 Å². The Balaban J connectivity index is 0.00000242. The van der Waals surface area contributed by atoms with Crippen LogP contribution in [0.3, 0.4) is 0 Å². The van der Waals surface area contributed by atoms with Crippen LogP contribution in [0.4, 0.5) is 13.2 Å². The second-order valence-corrected chi connectivity index (χ2v) is 4.91. The van der Waals surface area contributed by atoms with Gasteiger partial charge in [0.2, 0.25) is 0 Å². The van der Waals surface area contributed by atoms with Crippen molar-refractivity contribution >= 4 is 18.3 Å². The van der Waals surface area contributed by atoms with Gasteiger partial charge in [0.25, 0.3) is 5.91 Å². The maximum Gasteiger partial charge on any atom is 0.416 e. The first-order valence-electron chi connectivity index (χ1n) is 6.75. The summed E-state index contributed by atoms with van der Waals surface area (Å²) in [6.45, 7) is 1.15. The minimum atomic E-state index is -4.42. The van der Waals surface area contributed by atoms with Crippen molar-refractivity contribution in [1.82, 2.24) is 10.6 Å². The van der Waals surface area contributed by atoms with Crippen LogP contribution in [0.25, 0.3) is 0 Å². The highest BCUT2D eigenvalue weighted by atomic mass is 35.5. The van der Waals surface area contributed by atoms with Crippen molar-refractivity contribution in [1.29, 1.82) is 0 Å². The van der Waals surface area contributed by atoms with Crippen LogP contribution in [-0.4, -0.2) is 31.6 Å². The number of carbonyl (C=O) groups is 1. The van der Waals surface area contributed by atoms with Crippen molar-refractivity contribution in [3.05, 3.63) is 29.8 Å². The van der Waals surface area contributed by atoms with E-state index in [1.807, 2.05) is 0 Å². The number of benzene rings is 1. The maximum atomic E-state index is 12.5. The van der Waals surface area contributed by atoms with E-state index in [4.69, 9.17) is 4.74 Å². The van der Waals surface area contributed by atoms with Gasteiger partial charge in [-0.2, -0.15) is 13.2 Å². The molecule has 2 rings (SSSR count). The Morgan fingerprint density at radius 2 is 2.18 bits per heavy atom. The van der Waals surface area contributed by atoms with E-state index in [2.05, 4.69) is 10.6 Å². The Labute approximate surface area is 132 Å². The fraction of sp³-hybridized carbons (Fsp3) is 0.500. The molecule has 1 amide bonds. The van der Waals surface area contributed by atoms with E-state index < -0.39 is 11.7 Å². The first kappa shape index (κ1) is 18.6. The number of carbonyl (C=O) groups excluding carboxylic acids is 1. The maximum absolute atomic E-state index is 12.5. The summed E-state index contributed by atoms with van der Waals surface area (Å²) in [7, 11) is 0. The van der Waals surface area contributed by atoms with E-state index in [1.54, 1.807) is 0 Å². The SMILES string of the molecule is Cl.O=C(COc1cccc(C(F)(F)F)c1)NCC1CCCN1. The number of halogens is 4. The van der Waals surface area contributed by atoms with Gasteiger partial charge < -0.3 is 15.4 Å². The van der Waals surface area contributed by atoms with Gasteiger partial charge in [0.05, 0.1) is 5.56 Å². The molecule has 1 fully saturated rings. The number of ether oxygens (including phenoxy) is 1. The third kappa shape index (κ3) is 5.73. The summed E-state index contributed by atoms with van der Waals surface area (Å²) in [5, 5.41) is 5.92. The molecule has 1 unspecified atom stereocenters. The molecular formula is C14H18ClF3N2O2. The van der Waals surface area contributed by atoms with Gasteiger partial charge in [-0.1, -0.05) is 6.07 Å². The second kappa shape index (κ2) is 8.24. The highest BCUT2D eigenvalue weighted by Gasteiger charge is 2.30. The molecule has 0 aliphatic carbocycles. The third-order valence-electron chi connectivity index (χ3n) is 3.24. The molecule has 1 aromatic carbocycles. The molecule has 1 heterocycles. The van der Waals surface area contributed by atoms with Gasteiger partial charge in [-0.15, -0.1) is 12.4 Å². The van der Waals surface area contributed by atoms with Crippen molar-refractivity contribution < 1.29 is 22.7 Å². The van der Waals surface area contributed by atoms with Crippen LogP contribution in [0.2, 0.25) is 0 Å². The van der Waals surface area contributed by atoms with Crippen LogP contribution < -0.4 is 15.4 Å². The molecule has 22 heavy (non-hydrogen) atoms. The van der Waals surface area contributed by atoms with Crippen molar-refractivity contribution in [2.45, 2.75) is 25.1 Å². The molecular weight excluding hydrogens is 321 g/mol. The Morgan fingerprint density at radius 1 is 1.41 bits per heavy atom. The molecule has 0 saturated carbocycles. The normalized spacial score (nSPS) is 17.7. The lowest BCUT2D eigenvalue weighted by atomic mass is 10.2. The van der Waals surface area contributed by atoms with Gasteiger partial charge in [0, 0.05) is 12.6 Å². The number of alkyl halides is 3. The Kier molecular flexibility index (Phi) is 6.96. The molecule has 1 atom stereocenters. The number of nitrogens with one attached hydrogen (secondary N) is 2. The molecule has 0 aromatic heterocycles. The molecule has 2 N–H and O–H groups in total. The molecule has 0 spiro atoms. The molecule has 1 saturated heterocycles. The summed E-state index contributed by atoms with van der Waals surface area (Å²) in [4.78, 5) is 11.6. The molecule has 1 aromatic rings. The first-order chi connectivity index (χ1) is 9.95. The lowest BCUT2D eigenvalue weighted by Crippen LogP contribution is -2.39.